The molecule has 0 aliphatic rings. The molecule has 1 heterocycles. The molecule has 19 heavy (non-hydrogen) atoms. The monoisotopic (exact) mass is 259 g/mol. The lowest BCUT2D eigenvalue weighted by atomic mass is 10.1. The van der Waals surface area contributed by atoms with E-state index >= 15 is 0 Å². The zero-order chi connectivity index (χ0) is 13.8. The minimum Gasteiger partial charge on any atom is -0.483 e. The number of benzene rings is 1. The number of ether oxygens (including phenoxy) is 1. The Balaban J connectivity index is 2.26. The van der Waals surface area contributed by atoms with E-state index in [0.29, 0.717) is 11.4 Å². The number of rotatable bonds is 4. The second-order valence-electron chi connectivity index (χ2n) is 3.95. The maximum absolute atomic E-state index is 11.1. The molecule has 0 fully saturated rings. The van der Waals surface area contributed by atoms with E-state index < -0.39 is 12.1 Å². The summed E-state index contributed by atoms with van der Waals surface area (Å²) in [6.45, 7) is 1.77. The van der Waals surface area contributed by atoms with Gasteiger partial charge in [-0.05, 0) is 25.1 Å². The predicted octanol–water partition coefficient (Wildman–Crippen LogP) is 1.90. The highest BCUT2D eigenvalue weighted by atomic mass is 16.5. The third-order valence-electron chi connectivity index (χ3n) is 2.54. The van der Waals surface area contributed by atoms with Crippen molar-refractivity contribution >= 4 is 11.7 Å². The molecule has 0 radical (unpaired) electrons. The van der Waals surface area contributed by atoms with Crippen LogP contribution in [-0.4, -0.2) is 21.0 Å². The highest BCUT2D eigenvalue weighted by Crippen LogP contribution is 2.26. The number of hydrogen-bond donors (Lipinski definition) is 2. The van der Waals surface area contributed by atoms with Crippen molar-refractivity contribution in [2.24, 2.45) is 0 Å². The van der Waals surface area contributed by atoms with Crippen LogP contribution >= 0.6 is 0 Å². The van der Waals surface area contributed by atoms with Crippen LogP contribution in [0.3, 0.4) is 0 Å². The van der Waals surface area contributed by atoms with Crippen molar-refractivity contribution in [1.29, 1.82) is 0 Å². The van der Waals surface area contributed by atoms with Crippen LogP contribution in [0.2, 0.25) is 0 Å². The Hall–Kier alpha value is -2.63. The van der Waals surface area contributed by atoms with Gasteiger partial charge in [0.25, 0.3) is 0 Å². The first-order chi connectivity index (χ1) is 9.08. The van der Waals surface area contributed by atoms with Gasteiger partial charge in [-0.15, -0.1) is 0 Å². The Kier molecular flexibility index (Phi) is 3.61. The van der Waals surface area contributed by atoms with E-state index in [2.05, 4.69) is 9.97 Å². The first kappa shape index (κ1) is 12.8. The van der Waals surface area contributed by atoms with Crippen LogP contribution < -0.4 is 10.5 Å². The third kappa shape index (κ3) is 2.98. The second kappa shape index (κ2) is 5.34. The van der Waals surface area contributed by atoms with Gasteiger partial charge >= 0.3 is 5.97 Å². The number of aromatic nitrogens is 2. The second-order valence-corrected chi connectivity index (χ2v) is 3.95. The fraction of sp³-hybridized carbons (Fsp3) is 0.154. The van der Waals surface area contributed by atoms with Crippen molar-refractivity contribution in [3.05, 3.63) is 48.0 Å². The Morgan fingerprint density at radius 2 is 2.21 bits per heavy atom. The molecule has 6 nitrogen and oxygen atoms in total. The molecule has 0 aliphatic heterocycles. The summed E-state index contributed by atoms with van der Waals surface area (Å²) in [6.07, 6.45) is 4.27. The van der Waals surface area contributed by atoms with Crippen LogP contribution in [0.25, 0.3) is 0 Å². The first-order valence-corrected chi connectivity index (χ1v) is 5.63. The number of carboxylic acid groups (broad SMARTS) is 1. The molecule has 3 N–H and O–H groups in total. The Bertz CT molecular complexity index is 587. The first-order valence-electron chi connectivity index (χ1n) is 5.63. The molecular formula is C13H13N3O3. The highest BCUT2D eigenvalue weighted by molar-refractivity contribution is 5.92. The van der Waals surface area contributed by atoms with Gasteiger partial charge in [0.15, 0.2) is 0 Å². The van der Waals surface area contributed by atoms with Crippen LogP contribution in [0, 0.1) is 0 Å². The van der Waals surface area contributed by atoms with E-state index in [1.807, 2.05) is 0 Å². The number of nitrogen functional groups attached to an aromatic ring is 1. The molecule has 0 amide bonds. The fourth-order valence-electron chi connectivity index (χ4n) is 1.59. The molecule has 1 atom stereocenters. The smallest absolute Gasteiger partial charge is 0.339 e. The lowest BCUT2D eigenvalue weighted by Crippen LogP contribution is -2.09. The number of carbonyl (C=O) groups is 1. The summed E-state index contributed by atoms with van der Waals surface area (Å²) in [5.74, 6) is -0.839. The van der Waals surface area contributed by atoms with Gasteiger partial charge in [0.2, 0.25) is 0 Å². The molecular weight excluding hydrogens is 246 g/mol. The maximum Gasteiger partial charge on any atom is 0.339 e. The van der Waals surface area contributed by atoms with Gasteiger partial charge in [0, 0.05) is 18.1 Å². The normalized spacial score (nSPS) is 11.8. The average Bonchev–Trinajstić information content (AvgIpc) is 2.41. The fourth-order valence-corrected chi connectivity index (χ4v) is 1.59. The molecule has 98 valence electrons. The van der Waals surface area contributed by atoms with Crippen molar-refractivity contribution in [2.45, 2.75) is 13.0 Å². The third-order valence-corrected chi connectivity index (χ3v) is 2.54. The van der Waals surface area contributed by atoms with Crippen molar-refractivity contribution in [3.8, 4) is 5.75 Å². The summed E-state index contributed by atoms with van der Waals surface area (Å²) in [7, 11) is 0. The standard InChI is InChI=1S/C13H13N3O3/c1-8(11-7-15-4-5-16-11)19-12-3-2-9(14)6-10(12)13(17)18/h2-8H,14H2,1H3,(H,17,18). The number of hydrogen-bond acceptors (Lipinski definition) is 5. The molecule has 0 saturated carbocycles. The van der Waals surface area contributed by atoms with E-state index in [9.17, 15) is 4.79 Å². The van der Waals surface area contributed by atoms with E-state index in [1.165, 1.54) is 12.1 Å². The van der Waals surface area contributed by atoms with Crippen LogP contribution in [-0.2, 0) is 0 Å². The minimum atomic E-state index is -1.09. The Morgan fingerprint density at radius 1 is 1.42 bits per heavy atom. The molecule has 1 unspecified atom stereocenters. The molecule has 2 aromatic rings. The summed E-state index contributed by atoms with van der Waals surface area (Å²) in [5.41, 5.74) is 6.58. The zero-order valence-corrected chi connectivity index (χ0v) is 10.3. The molecule has 0 aliphatic carbocycles. The number of nitrogens with two attached hydrogens (primary N) is 1. The van der Waals surface area contributed by atoms with E-state index in [0.717, 1.165) is 0 Å². The van der Waals surface area contributed by atoms with Gasteiger partial charge < -0.3 is 15.6 Å². The quantitative estimate of drug-likeness (QED) is 0.813. The van der Waals surface area contributed by atoms with Gasteiger partial charge in [0.1, 0.15) is 17.4 Å². The number of anilines is 1. The van der Waals surface area contributed by atoms with Gasteiger partial charge in [-0.1, -0.05) is 0 Å². The number of nitrogens with zero attached hydrogens (tertiary/aromatic N) is 2. The van der Waals surface area contributed by atoms with Gasteiger partial charge in [-0.3, -0.25) is 9.97 Å². The lowest BCUT2D eigenvalue weighted by Gasteiger charge is -2.15. The summed E-state index contributed by atoms with van der Waals surface area (Å²) in [5, 5.41) is 9.11. The van der Waals surface area contributed by atoms with Crippen molar-refractivity contribution < 1.29 is 14.6 Å². The Labute approximate surface area is 109 Å². The molecule has 1 aromatic carbocycles. The number of carboxylic acids is 1. The summed E-state index contributed by atoms with van der Waals surface area (Å²) < 4.78 is 5.61. The van der Waals surface area contributed by atoms with E-state index in [1.54, 1.807) is 31.6 Å². The van der Waals surface area contributed by atoms with Gasteiger partial charge in [-0.2, -0.15) is 0 Å². The summed E-state index contributed by atoms with van der Waals surface area (Å²) >= 11 is 0. The van der Waals surface area contributed by atoms with E-state index in [4.69, 9.17) is 15.6 Å². The predicted molar refractivity (Wildman–Crippen MR) is 68.9 cm³/mol. The van der Waals surface area contributed by atoms with Crippen LogP contribution in [0.5, 0.6) is 5.75 Å². The SMILES string of the molecule is CC(Oc1ccc(N)cc1C(=O)O)c1cnccn1. The zero-order valence-electron chi connectivity index (χ0n) is 10.3. The number of aromatic carboxylic acids is 1. The molecule has 2 rings (SSSR count). The van der Waals surface area contributed by atoms with Crippen molar-refractivity contribution in [3.63, 3.8) is 0 Å². The minimum absolute atomic E-state index is 0.0238. The molecule has 0 spiro atoms. The maximum atomic E-state index is 11.1. The van der Waals surface area contributed by atoms with Crippen LogP contribution in [0.4, 0.5) is 5.69 Å². The topological polar surface area (TPSA) is 98.3 Å². The van der Waals surface area contributed by atoms with Gasteiger partial charge in [-0.25, -0.2) is 4.79 Å². The lowest BCUT2D eigenvalue weighted by molar-refractivity contribution is 0.0689. The molecule has 0 bridgehead atoms. The molecule has 0 saturated heterocycles. The van der Waals surface area contributed by atoms with Gasteiger partial charge in [0.05, 0.1) is 11.9 Å². The summed E-state index contributed by atoms with van der Waals surface area (Å²) in [6, 6.07) is 4.48. The Morgan fingerprint density at radius 3 is 2.84 bits per heavy atom. The molecule has 1 aromatic heterocycles. The largest absolute Gasteiger partial charge is 0.483 e. The van der Waals surface area contributed by atoms with Crippen LogP contribution in [0.15, 0.2) is 36.8 Å². The summed E-state index contributed by atoms with van der Waals surface area (Å²) in [4.78, 5) is 19.2. The van der Waals surface area contributed by atoms with Crippen molar-refractivity contribution in [1.82, 2.24) is 9.97 Å². The average molecular weight is 259 g/mol. The molecule has 6 heteroatoms. The van der Waals surface area contributed by atoms with Crippen molar-refractivity contribution in [2.75, 3.05) is 5.73 Å². The van der Waals surface area contributed by atoms with E-state index in [-0.39, 0.29) is 11.3 Å². The van der Waals surface area contributed by atoms with Crippen LogP contribution in [0.1, 0.15) is 29.1 Å². The highest BCUT2D eigenvalue weighted by Gasteiger charge is 2.16.